The number of aromatic nitrogens is 3. The lowest BCUT2D eigenvalue weighted by Gasteiger charge is -2.17. The molecule has 1 aromatic carbocycles. The molecule has 3 N–H and O–H groups in total. The van der Waals surface area contributed by atoms with Crippen molar-refractivity contribution in [3.63, 3.8) is 0 Å². The Kier molecular flexibility index (Phi) is 6.40. The zero-order valence-corrected chi connectivity index (χ0v) is 13.9. The highest BCUT2D eigenvalue weighted by Gasteiger charge is 2.18. The minimum absolute atomic E-state index is 0.00108. The quantitative estimate of drug-likeness (QED) is 0.691. The van der Waals surface area contributed by atoms with Crippen LogP contribution < -0.4 is 15.4 Å². The number of ether oxygens (including phenoxy) is 1. The van der Waals surface area contributed by atoms with Gasteiger partial charge in [0.15, 0.2) is 5.82 Å². The number of nitrogens with one attached hydrogen (secondary N) is 3. The Labute approximate surface area is 143 Å². The number of benzene rings is 1. The molecule has 0 aliphatic heterocycles. The number of nitrogens with zero attached hydrogens (tertiary/aromatic N) is 3. The molecule has 1 heterocycles. The van der Waals surface area contributed by atoms with E-state index < -0.39 is 18.7 Å². The van der Waals surface area contributed by atoms with Gasteiger partial charge < -0.3 is 19.9 Å². The number of rotatable bonds is 7. The molecule has 0 atom stereocenters. The molecule has 9 nitrogen and oxygen atoms in total. The standard InChI is InChI=1S/C15H19FN6O3/c1-17-7-8-22(2)15(24)25-11-6-4-3-5-10(11)13(23)19-14-18-12(9-16)20-21-14/h3-6,17H,7-9H2,1-2H3,(H2,18,19,20,21,23). The number of carbonyl (C=O) groups is 2. The molecule has 0 saturated carbocycles. The maximum Gasteiger partial charge on any atom is 0.415 e. The van der Waals surface area contributed by atoms with E-state index in [1.165, 1.54) is 17.0 Å². The van der Waals surface area contributed by atoms with Crippen molar-refractivity contribution in [2.45, 2.75) is 6.67 Å². The van der Waals surface area contributed by atoms with Crippen LogP contribution in [0.3, 0.4) is 0 Å². The average Bonchev–Trinajstić information content (AvgIpc) is 3.07. The fourth-order valence-electron chi connectivity index (χ4n) is 1.87. The molecule has 0 aliphatic rings. The van der Waals surface area contributed by atoms with Crippen LogP contribution >= 0.6 is 0 Å². The van der Waals surface area contributed by atoms with E-state index in [0.29, 0.717) is 13.1 Å². The minimum atomic E-state index is -0.823. The lowest BCUT2D eigenvalue weighted by molar-refractivity contribution is 0.102. The molecule has 0 aliphatic carbocycles. The molecule has 25 heavy (non-hydrogen) atoms. The van der Waals surface area contributed by atoms with Crippen molar-refractivity contribution in [3.8, 4) is 5.75 Å². The fraction of sp³-hybridized carbons (Fsp3) is 0.333. The molecular weight excluding hydrogens is 331 g/mol. The van der Waals surface area contributed by atoms with E-state index in [9.17, 15) is 14.0 Å². The first-order valence-corrected chi connectivity index (χ1v) is 7.50. The molecule has 0 unspecified atom stereocenters. The molecule has 2 rings (SSSR count). The second-order valence-corrected chi connectivity index (χ2v) is 5.10. The van der Waals surface area contributed by atoms with Gasteiger partial charge in [0.25, 0.3) is 5.91 Å². The van der Waals surface area contributed by atoms with E-state index in [1.807, 2.05) is 0 Å². The maximum atomic E-state index is 12.5. The summed E-state index contributed by atoms with van der Waals surface area (Å²) in [5.41, 5.74) is 0.135. The number of halogens is 1. The van der Waals surface area contributed by atoms with Gasteiger partial charge >= 0.3 is 6.09 Å². The van der Waals surface area contributed by atoms with E-state index in [-0.39, 0.29) is 23.1 Å². The fourth-order valence-corrected chi connectivity index (χ4v) is 1.87. The number of hydrogen-bond donors (Lipinski definition) is 3. The summed E-state index contributed by atoms with van der Waals surface area (Å²) in [5, 5.41) is 12.5. The molecule has 1 aromatic heterocycles. The lowest BCUT2D eigenvalue weighted by atomic mass is 10.2. The van der Waals surface area contributed by atoms with Crippen LogP contribution in [0, 0.1) is 0 Å². The summed E-state index contributed by atoms with van der Waals surface area (Å²) in [6.45, 7) is 0.236. The van der Waals surface area contributed by atoms with Gasteiger partial charge in [0.05, 0.1) is 5.56 Å². The first-order valence-electron chi connectivity index (χ1n) is 7.50. The number of aromatic amines is 1. The van der Waals surface area contributed by atoms with Gasteiger partial charge in [-0.3, -0.25) is 10.1 Å². The van der Waals surface area contributed by atoms with Crippen LogP contribution in [0.25, 0.3) is 0 Å². The largest absolute Gasteiger partial charge is 0.415 e. The first-order chi connectivity index (χ1) is 12.0. The third kappa shape index (κ3) is 4.98. The Morgan fingerprint density at radius 3 is 2.76 bits per heavy atom. The van der Waals surface area contributed by atoms with Crippen LogP contribution in [0.4, 0.5) is 15.1 Å². The summed E-state index contributed by atoms with van der Waals surface area (Å²) < 4.78 is 17.7. The monoisotopic (exact) mass is 350 g/mol. The Hall–Kier alpha value is -3.01. The summed E-state index contributed by atoms with van der Waals surface area (Å²) in [7, 11) is 3.37. The molecule has 2 aromatic rings. The highest BCUT2D eigenvalue weighted by Crippen LogP contribution is 2.20. The number of alkyl halides is 1. The minimum Gasteiger partial charge on any atom is -0.409 e. The number of carbonyl (C=O) groups excluding carboxylic acids is 2. The summed E-state index contributed by atoms with van der Waals surface area (Å²) in [5.74, 6) is -0.458. The maximum absolute atomic E-state index is 12.5. The molecule has 0 spiro atoms. The molecule has 0 fully saturated rings. The van der Waals surface area contributed by atoms with Gasteiger partial charge in [0, 0.05) is 20.1 Å². The van der Waals surface area contributed by atoms with Gasteiger partial charge in [-0.2, -0.15) is 0 Å². The first kappa shape index (κ1) is 18.3. The Morgan fingerprint density at radius 2 is 2.08 bits per heavy atom. The Morgan fingerprint density at radius 1 is 1.32 bits per heavy atom. The number of H-pyrrole nitrogens is 1. The zero-order chi connectivity index (χ0) is 18.2. The van der Waals surface area contributed by atoms with Crippen molar-refractivity contribution in [1.29, 1.82) is 0 Å². The molecular formula is C15H19FN6O3. The van der Waals surface area contributed by atoms with Crippen LogP contribution in [0.1, 0.15) is 16.2 Å². The van der Waals surface area contributed by atoms with Crippen molar-refractivity contribution in [1.82, 2.24) is 25.4 Å². The molecule has 2 amide bonds. The molecule has 0 bridgehead atoms. The predicted molar refractivity (Wildman–Crippen MR) is 88.2 cm³/mol. The van der Waals surface area contributed by atoms with Gasteiger partial charge in [-0.05, 0) is 19.2 Å². The lowest BCUT2D eigenvalue weighted by Crippen LogP contribution is -2.35. The third-order valence-corrected chi connectivity index (χ3v) is 3.23. The van der Waals surface area contributed by atoms with Crippen molar-refractivity contribution < 1.29 is 18.7 Å². The third-order valence-electron chi connectivity index (χ3n) is 3.23. The number of para-hydroxylation sites is 1. The van der Waals surface area contributed by atoms with Gasteiger partial charge in [0.2, 0.25) is 5.95 Å². The second-order valence-electron chi connectivity index (χ2n) is 5.10. The van der Waals surface area contributed by atoms with Gasteiger partial charge in [-0.1, -0.05) is 12.1 Å². The molecule has 10 heteroatoms. The Bertz CT molecular complexity index is 736. The van der Waals surface area contributed by atoms with E-state index >= 15 is 0 Å². The van der Waals surface area contributed by atoms with E-state index in [2.05, 4.69) is 25.8 Å². The molecule has 134 valence electrons. The highest BCUT2D eigenvalue weighted by atomic mass is 19.1. The van der Waals surface area contributed by atoms with Crippen molar-refractivity contribution in [2.24, 2.45) is 0 Å². The van der Waals surface area contributed by atoms with Crippen LogP contribution in [0.2, 0.25) is 0 Å². The average molecular weight is 350 g/mol. The number of hydrogen-bond acceptors (Lipinski definition) is 6. The summed E-state index contributed by atoms with van der Waals surface area (Å²) >= 11 is 0. The SMILES string of the molecule is CNCCN(C)C(=O)Oc1ccccc1C(=O)Nc1nnc(CF)[nH]1. The van der Waals surface area contributed by atoms with E-state index in [0.717, 1.165) is 0 Å². The smallest absolute Gasteiger partial charge is 0.409 e. The van der Waals surface area contributed by atoms with Gasteiger partial charge in [-0.15, -0.1) is 10.2 Å². The summed E-state index contributed by atoms with van der Waals surface area (Å²) in [6, 6.07) is 6.27. The number of amides is 2. The Balaban J connectivity index is 2.08. The summed E-state index contributed by atoms with van der Waals surface area (Å²) in [6.07, 6.45) is -0.588. The highest BCUT2D eigenvalue weighted by molar-refractivity contribution is 6.05. The topological polar surface area (TPSA) is 112 Å². The number of anilines is 1. The van der Waals surface area contributed by atoms with Crippen molar-refractivity contribution in [2.75, 3.05) is 32.5 Å². The molecule has 0 radical (unpaired) electrons. The second kappa shape index (κ2) is 8.73. The molecule has 0 saturated heterocycles. The van der Waals surface area contributed by atoms with E-state index in [1.54, 1.807) is 26.2 Å². The van der Waals surface area contributed by atoms with Crippen LogP contribution in [-0.2, 0) is 6.67 Å². The predicted octanol–water partition coefficient (Wildman–Crippen LogP) is 1.18. The van der Waals surface area contributed by atoms with Gasteiger partial charge in [-0.25, -0.2) is 9.18 Å². The van der Waals surface area contributed by atoms with Crippen LogP contribution in [-0.4, -0.2) is 59.3 Å². The van der Waals surface area contributed by atoms with Crippen molar-refractivity contribution >= 4 is 17.9 Å². The van der Waals surface area contributed by atoms with Crippen LogP contribution in [0.15, 0.2) is 24.3 Å². The normalized spacial score (nSPS) is 10.4. The zero-order valence-electron chi connectivity index (χ0n) is 13.9. The summed E-state index contributed by atoms with van der Waals surface area (Å²) in [4.78, 5) is 28.3. The van der Waals surface area contributed by atoms with Crippen molar-refractivity contribution in [3.05, 3.63) is 35.7 Å². The number of likely N-dealkylation sites (N-methyl/N-ethyl adjacent to an activating group) is 2. The van der Waals surface area contributed by atoms with Gasteiger partial charge in [0.1, 0.15) is 12.4 Å². The van der Waals surface area contributed by atoms with E-state index in [4.69, 9.17) is 4.74 Å². The van der Waals surface area contributed by atoms with Crippen LogP contribution in [0.5, 0.6) is 5.75 Å².